The minimum absolute atomic E-state index is 0.172. The second kappa shape index (κ2) is 6.39. The lowest BCUT2D eigenvalue weighted by molar-refractivity contribution is -0.123. The molecule has 1 fully saturated rings. The van der Waals surface area contributed by atoms with E-state index in [0.717, 1.165) is 22.2 Å². The summed E-state index contributed by atoms with van der Waals surface area (Å²) >= 11 is 2.45. The molecule has 3 amide bonds. The van der Waals surface area contributed by atoms with Crippen LogP contribution < -0.4 is 5.73 Å². The molecule has 1 aliphatic rings. The van der Waals surface area contributed by atoms with Crippen LogP contribution >= 0.6 is 23.1 Å². The van der Waals surface area contributed by atoms with Gasteiger partial charge in [0.25, 0.3) is 11.1 Å². The van der Waals surface area contributed by atoms with E-state index >= 15 is 0 Å². The number of hydrogen-bond donors (Lipinski definition) is 1. The van der Waals surface area contributed by atoms with Gasteiger partial charge in [-0.3, -0.25) is 19.3 Å². The topological polar surface area (TPSA) is 80.5 Å². The molecule has 2 N–H and O–H groups in total. The van der Waals surface area contributed by atoms with Gasteiger partial charge < -0.3 is 5.73 Å². The summed E-state index contributed by atoms with van der Waals surface area (Å²) in [5.74, 6) is -0.811. The Kier molecular flexibility index (Phi) is 4.31. The SMILES string of the molecule is NC(=O)c1ccc(CN2C(=O)S/C(=C\c3cccs3)C2=O)cc1. The Morgan fingerprint density at radius 1 is 1.17 bits per heavy atom. The predicted molar refractivity (Wildman–Crippen MR) is 90.8 cm³/mol. The van der Waals surface area contributed by atoms with Crippen molar-refractivity contribution < 1.29 is 14.4 Å². The molecule has 0 unspecified atom stereocenters. The summed E-state index contributed by atoms with van der Waals surface area (Å²) in [5, 5.41) is 1.62. The van der Waals surface area contributed by atoms with Gasteiger partial charge in [-0.1, -0.05) is 18.2 Å². The van der Waals surface area contributed by atoms with Crippen LogP contribution in [0.25, 0.3) is 6.08 Å². The van der Waals surface area contributed by atoms with E-state index in [1.165, 1.54) is 16.2 Å². The summed E-state index contributed by atoms with van der Waals surface area (Å²) in [6, 6.07) is 10.3. The Morgan fingerprint density at radius 3 is 2.52 bits per heavy atom. The van der Waals surface area contributed by atoms with Crippen LogP contribution in [-0.4, -0.2) is 22.0 Å². The number of carbonyl (C=O) groups excluding carboxylic acids is 3. The number of nitrogens with zero attached hydrogens (tertiary/aromatic N) is 1. The zero-order valence-electron chi connectivity index (χ0n) is 11.9. The Balaban J connectivity index is 1.77. The van der Waals surface area contributed by atoms with Crippen LogP contribution in [0.1, 0.15) is 20.8 Å². The molecule has 3 rings (SSSR count). The largest absolute Gasteiger partial charge is 0.366 e. The Bertz CT molecular complexity index is 795. The normalized spacial score (nSPS) is 16.3. The molecule has 2 heterocycles. The molecule has 5 nitrogen and oxygen atoms in total. The first kappa shape index (κ1) is 15.5. The molecule has 0 atom stereocenters. The van der Waals surface area contributed by atoms with Crippen LogP contribution in [0.2, 0.25) is 0 Å². The van der Waals surface area contributed by atoms with Crippen LogP contribution in [-0.2, 0) is 11.3 Å². The van der Waals surface area contributed by atoms with Crippen molar-refractivity contribution in [3.8, 4) is 0 Å². The zero-order valence-corrected chi connectivity index (χ0v) is 13.5. The smallest absolute Gasteiger partial charge is 0.293 e. The molecule has 1 saturated heterocycles. The minimum Gasteiger partial charge on any atom is -0.366 e. The second-order valence-corrected chi connectivity index (χ2v) is 6.82. The first-order chi connectivity index (χ1) is 11.0. The fraction of sp³-hybridized carbons (Fsp3) is 0.0625. The van der Waals surface area contributed by atoms with Gasteiger partial charge in [0.05, 0.1) is 11.4 Å². The van der Waals surface area contributed by atoms with Gasteiger partial charge >= 0.3 is 0 Å². The van der Waals surface area contributed by atoms with E-state index < -0.39 is 5.91 Å². The maximum absolute atomic E-state index is 12.4. The lowest BCUT2D eigenvalue weighted by atomic mass is 10.1. The van der Waals surface area contributed by atoms with E-state index in [0.29, 0.717) is 10.5 Å². The second-order valence-electron chi connectivity index (χ2n) is 4.84. The van der Waals surface area contributed by atoms with Gasteiger partial charge in [-0.15, -0.1) is 11.3 Å². The maximum atomic E-state index is 12.4. The molecule has 0 bridgehead atoms. The van der Waals surface area contributed by atoms with E-state index in [1.54, 1.807) is 30.3 Å². The molecule has 23 heavy (non-hydrogen) atoms. The van der Waals surface area contributed by atoms with Crippen LogP contribution in [0.5, 0.6) is 0 Å². The monoisotopic (exact) mass is 344 g/mol. The van der Waals surface area contributed by atoms with Gasteiger partial charge in [-0.2, -0.15) is 0 Å². The summed E-state index contributed by atoms with van der Waals surface area (Å²) in [7, 11) is 0. The van der Waals surface area contributed by atoms with Gasteiger partial charge in [-0.25, -0.2) is 0 Å². The van der Waals surface area contributed by atoms with Crippen molar-refractivity contribution in [2.24, 2.45) is 5.73 Å². The van der Waals surface area contributed by atoms with Gasteiger partial charge in [-0.05, 0) is 47.0 Å². The van der Waals surface area contributed by atoms with Gasteiger partial charge in [0.2, 0.25) is 5.91 Å². The molecule has 1 aliphatic heterocycles. The molecule has 0 spiro atoms. The molecule has 116 valence electrons. The van der Waals surface area contributed by atoms with Gasteiger partial charge in [0, 0.05) is 10.4 Å². The Labute approximate surface area is 140 Å². The molecule has 0 aliphatic carbocycles. The number of nitrogens with two attached hydrogens (primary N) is 1. The summed E-state index contributed by atoms with van der Waals surface area (Å²) in [6.07, 6.45) is 1.73. The summed E-state index contributed by atoms with van der Waals surface area (Å²) in [4.78, 5) is 38.0. The first-order valence-electron chi connectivity index (χ1n) is 6.72. The van der Waals surface area contributed by atoms with Gasteiger partial charge in [0.1, 0.15) is 0 Å². The average molecular weight is 344 g/mol. The molecule has 1 aromatic carbocycles. The molecule has 1 aromatic heterocycles. The molecule has 2 aromatic rings. The number of thioether (sulfide) groups is 1. The first-order valence-corrected chi connectivity index (χ1v) is 8.42. The van der Waals surface area contributed by atoms with Crippen molar-refractivity contribution in [3.05, 3.63) is 62.7 Å². The number of carbonyl (C=O) groups is 3. The number of thiophene rings is 1. The highest BCUT2D eigenvalue weighted by molar-refractivity contribution is 8.18. The highest BCUT2D eigenvalue weighted by Crippen LogP contribution is 2.33. The quantitative estimate of drug-likeness (QED) is 0.864. The van der Waals surface area contributed by atoms with Crippen molar-refractivity contribution in [2.75, 3.05) is 0 Å². The van der Waals surface area contributed by atoms with Crippen molar-refractivity contribution in [1.29, 1.82) is 0 Å². The minimum atomic E-state index is -0.512. The third-order valence-corrected chi connectivity index (χ3v) is 5.00. The average Bonchev–Trinajstić information content (AvgIpc) is 3.12. The third kappa shape index (κ3) is 3.35. The highest BCUT2D eigenvalue weighted by Gasteiger charge is 2.35. The van der Waals surface area contributed by atoms with Gasteiger partial charge in [0.15, 0.2) is 0 Å². The third-order valence-electron chi connectivity index (χ3n) is 3.27. The Hall–Kier alpha value is -2.38. The van der Waals surface area contributed by atoms with Crippen molar-refractivity contribution in [1.82, 2.24) is 4.90 Å². The number of benzene rings is 1. The van der Waals surface area contributed by atoms with E-state index in [9.17, 15) is 14.4 Å². The Morgan fingerprint density at radius 2 is 1.91 bits per heavy atom. The van der Waals surface area contributed by atoms with E-state index in [4.69, 9.17) is 5.73 Å². The van der Waals surface area contributed by atoms with Crippen LogP contribution in [0.15, 0.2) is 46.7 Å². The lowest BCUT2D eigenvalue weighted by Gasteiger charge is -2.12. The number of rotatable bonds is 4. The van der Waals surface area contributed by atoms with Crippen molar-refractivity contribution >= 4 is 46.2 Å². The standard InChI is InChI=1S/C16H12N2O3S2/c17-14(19)11-5-3-10(4-6-11)9-18-15(20)13(23-16(18)21)8-12-2-1-7-22-12/h1-8H,9H2,(H2,17,19)/b13-8-. The van der Waals surface area contributed by atoms with E-state index in [1.807, 2.05) is 17.5 Å². The molecular formula is C16H12N2O3S2. The molecular weight excluding hydrogens is 332 g/mol. The lowest BCUT2D eigenvalue weighted by Crippen LogP contribution is -2.27. The predicted octanol–water partition coefficient (Wildman–Crippen LogP) is 3.08. The molecule has 0 radical (unpaired) electrons. The number of imide groups is 1. The van der Waals surface area contributed by atoms with Crippen molar-refractivity contribution in [2.45, 2.75) is 6.54 Å². The maximum Gasteiger partial charge on any atom is 0.293 e. The van der Waals surface area contributed by atoms with Crippen molar-refractivity contribution in [3.63, 3.8) is 0 Å². The number of primary amides is 1. The van der Waals surface area contributed by atoms with E-state index in [2.05, 4.69) is 0 Å². The van der Waals surface area contributed by atoms with E-state index in [-0.39, 0.29) is 17.7 Å². The van der Waals surface area contributed by atoms with Crippen LogP contribution in [0, 0.1) is 0 Å². The number of hydrogen-bond acceptors (Lipinski definition) is 5. The summed E-state index contributed by atoms with van der Waals surface area (Å²) in [5.41, 5.74) is 6.34. The summed E-state index contributed by atoms with van der Waals surface area (Å²) < 4.78 is 0. The highest BCUT2D eigenvalue weighted by atomic mass is 32.2. The molecule has 0 saturated carbocycles. The molecule has 7 heteroatoms. The number of amides is 3. The van der Waals surface area contributed by atoms with Crippen LogP contribution in [0.4, 0.5) is 4.79 Å². The van der Waals surface area contributed by atoms with Crippen LogP contribution in [0.3, 0.4) is 0 Å². The fourth-order valence-electron chi connectivity index (χ4n) is 2.10. The zero-order chi connectivity index (χ0) is 16.4. The fourth-order valence-corrected chi connectivity index (χ4v) is 3.66. The summed E-state index contributed by atoms with van der Waals surface area (Å²) in [6.45, 7) is 0.172.